The molecule has 1 saturated carbocycles. The van der Waals surface area contributed by atoms with Gasteiger partial charge in [-0.15, -0.1) is 0 Å². The first-order valence-electron chi connectivity index (χ1n) is 11.5. The molecule has 2 aromatic carbocycles. The lowest BCUT2D eigenvalue weighted by atomic mass is 10.1. The molecule has 8 heteroatoms. The second-order valence-corrected chi connectivity index (χ2v) is 9.18. The average molecular weight is 455 g/mol. The minimum atomic E-state index is -0.269. The maximum absolute atomic E-state index is 10.0. The molecule has 2 atom stereocenters. The van der Waals surface area contributed by atoms with E-state index in [4.69, 9.17) is 10.2 Å². The first kappa shape index (κ1) is 20.7. The fraction of sp³-hybridized carbons (Fsp3) is 0.269. The van der Waals surface area contributed by atoms with E-state index in [0.29, 0.717) is 11.8 Å². The van der Waals surface area contributed by atoms with Gasteiger partial charge < -0.3 is 25.1 Å². The van der Waals surface area contributed by atoms with E-state index in [1.807, 2.05) is 37.3 Å². The summed E-state index contributed by atoms with van der Waals surface area (Å²) in [5.74, 6) is 0.455. The molecular weight excluding hydrogens is 428 g/mol. The van der Waals surface area contributed by atoms with Gasteiger partial charge in [0.15, 0.2) is 5.58 Å². The number of aryl methyl sites for hydroxylation is 2. The summed E-state index contributed by atoms with van der Waals surface area (Å²) in [5.41, 5.74) is 13.8. The van der Waals surface area contributed by atoms with Gasteiger partial charge in [-0.25, -0.2) is 9.97 Å². The Morgan fingerprint density at radius 1 is 1.12 bits per heavy atom. The predicted octanol–water partition coefficient (Wildman–Crippen LogP) is 5.27. The van der Waals surface area contributed by atoms with E-state index in [-0.39, 0.29) is 12.1 Å². The van der Waals surface area contributed by atoms with Crippen LogP contribution in [0.1, 0.15) is 36.4 Å². The Morgan fingerprint density at radius 3 is 2.71 bits per heavy atom. The molecule has 0 aliphatic heterocycles. The highest BCUT2D eigenvalue weighted by Crippen LogP contribution is 2.39. The van der Waals surface area contributed by atoms with Crippen LogP contribution in [0.2, 0.25) is 0 Å². The lowest BCUT2D eigenvalue weighted by Gasteiger charge is -2.12. The number of aliphatic hydroxyl groups excluding tert-OH is 1. The van der Waals surface area contributed by atoms with E-state index in [0.717, 1.165) is 69.3 Å². The number of nitrogens with zero attached hydrogens (tertiary/aromatic N) is 4. The largest absolute Gasteiger partial charge is 0.423 e. The maximum Gasteiger partial charge on any atom is 0.300 e. The van der Waals surface area contributed by atoms with Crippen molar-refractivity contribution in [2.75, 3.05) is 11.1 Å². The number of aliphatic hydroxyl groups is 1. The summed E-state index contributed by atoms with van der Waals surface area (Å²) in [7, 11) is 0. The molecule has 1 aliphatic carbocycles. The zero-order chi connectivity index (χ0) is 23.4. The smallest absolute Gasteiger partial charge is 0.300 e. The number of nitrogens with two attached hydrogens (primary N) is 1. The molecule has 5 aromatic rings. The zero-order valence-electron chi connectivity index (χ0n) is 19.1. The number of nitrogens with one attached hydrogen (secondary N) is 1. The number of hydrogen-bond donors (Lipinski definition) is 3. The number of fused-ring (bicyclic) bond motifs is 2. The van der Waals surface area contributed by atoms with Gasteiger partial charge in [0.25, 0.3) is 6.01 Å². The molecule has 172 valence electrons. The minimum absolute atomic E-state index is 0.202. The lowest BCUT2D eigenvalue weighted by Crippen LogP contribution is -2.07. The molecule has 3 aromatic heterocycles. The molecule has 0 radical (unpaired) electrons. The van der Waals surface area contributed by atoms with Crippen LogP contribution in [0.3, 0.4) is 0 Å². The first-order valence-corrected chi connectivity index (χ1v) is 11.5. The summed E-state index contributed by atoms with van der Waals surface area (Å²) in [4.78, 5) is 13.3. The van der Waals surface area contributed by atoms with Crippen LogP contribution in [0.5, 0.6) is 0 Å². The van der Waals surface area contributed by atoms with E-state index in [1.54, 1.807) is 0 Å². The summed E-state index contributed by atoms with van der Waals surface area (Å²) in [5, 5.41) is 14.2. The van der Waals surface area contributed by atoms with E-state index >= 15 is 0 Å². The molecule has 0 bridgehead atoms. The van der Waals surface area contributed by atoms with E-state index in [1.165, 1.54) is 6.33 Å². The number of rotatable bonds is 4. The molecule has 0 unspecified atom stereocenters. The number of nitrogen functional groups attached to an aromatic ring is 1. The third kappa shape index (κ3) is 3.47. The van der Waals surface area contributed by atoms with Gasteiger partial charge in [-0.05, 0) is 68.0 Å². The SMILES string of the molecule is Cc1cc(C)c2oc(Nc3ccc(-c4cn([C@H]5CC[C@@H](O)C5)c5ncnc(N)c45)cc3)nc2c1. The topological polar surface area (TPSA) is 115 Å². The standard InChI is InChI=1S/C26H26N6O2/c1-14-9-15(2)23-21(10-14)31-26(34-23)30-17-5-3-16(4-6-17)20-12-32(18-7-8-19(33)11-18)25-22(20)24(27)28-13-29-25/h3-6,9-10,12-13,18-19,33H,7-8,11H2,1-2H3,(H,30,31)(H2,27,28,29)/t18-,19+/m0/s1. The summed E-state index contributed by atoms with van der Waals surface area (Å²) in [6.45, 7) is 4.08. The second kappa shape index (κ2) is 7.85. The van der Waals surface area contributed by atoms with Gasteiger partial charge in [0.1, 0.15) is 23.3 Å². The Bertz CT molecular complexity index is 1520. The van der Waals surface area contributed by atoms with Crippen LogP contribution in [0.25, 0.3) is 33.3 Å². The highest BCUT2D eigenvalue weighted by Gasteiger charge is 2.27. The normalized spacial score (nSPS) is 18.2. The van der Waals surface area contributed by atoms with Gasteiger partial charge in [-0.1, -0.05) is 18.2 Å². The van der Waals surface area contributed by atoms with Crippen molar-refractivity contribution >= 4 is 39.7 Å². The molecular formula is C26H26N6O2. The van der Waals surface area contributed by atoms with Crippen molar-refractivity contribution in [1.82, 2.24) is 19.5 Å². The van der Waals surface area contributed by atoms with Crippen LogP contribution in [0.15, 0.2) is 53.3 Å². The molecule has 0 spiro atoms. The molecule has 34 heavy (non-hydrogen) atoms. The van der Waals surface area contributed by atoms with Gasteiger partial charge in [0.05, 0.1) is 11.5 Å². The number of benzene rings is 2. The van der Waals surface area contributed by atoms with Gasteiger partial charge in [-0.2, -0.15) is 4.98 Å². The maximum atomic E-state index is 10.0. The number of oxazole rings is 1. The summed E-state index contributed by atoms with van der Waals surface area (Å²) in [6, 6.07) is 12.8. The van der Waals surface area contributed by atoms with Gasteiger partial charge >= 0.3 is 0 Å². The fourth-order valence-corrected chi connectivity index (χ4v) is 5.08. The highest BCUT2D eigenvalue weighted by atomic mass is 16.4. The molecule has 6 rings (SSSR count). The van der Waals surface area contributed by atoms with E-state index in [9.17, 15) is 5.11 Å². The van der Waals surface area contributed by atoms with Crippen molar-refractivity contribution < 1.29 is 9.52 Å². The van der Waals surface area contributed by atoms with E-state index in [2.05, 4.69) is 44.0 Å². The predicted molar refractivity (Wildman–Crippen MR) is 133 cm³/mol. The van der Waals surface area contributed by atoms with Crippen molar-refractivity contribution in [3.63, 3.8) is 0 Å². The Morgan fingerprint density at radius 2 is 1.94 bits per heavy atom. The zero-order valence-corrected chi connectivity index (χ0v) is 19.1. The van der Waals surface area contributed by atoms with Crippen LogP contribution in [0.4, 0.5) is 17.5 Å². The fourth-order valence-electron chi connectivity index (χ4n) is 5.08. The minimum Gasteiger partial charge on any atom is -0.423 e. The van der Waals surface area contributed by atoms with Gasteiger partial charge in [-0.3, -0.25) is 0 Å². The Labute approximate surface area is 196 Å². The van der Waals surface area contributed by atoms with Crippen LogP contribution >= 0.6 is 0 Å². The molecule has 1 aliphatic rings. The molecule has 0 saturated heterocycles. The van der Waals surface area contributed by atoms with Crippen molar-refractivity contribution in [2.24, 2.45) is 0 Å². The molecule has 1 fully saturated rings. The van der Waals surface area contributed by atoms with Crippen molar-refractivity contribution in [1.29, 1.82) is 0 Å². The lowest BCUT2D eigenvalue weighted by molar-refractivity contribution is 0.178. The summed E-state index contributed by atoms with van der Waals surface area (Å²) < 4.78 is 8.08. The van der Waals surface area contributed by atoms with E-state index < -0.39 is 0 Å². The third-order valence-corrected chi connectivity index (χ3v) is 6.68. The Hall–Kier alpha value is -3.91. The van der Waals surface area contributed by atoms with Gasteiger partial charge in [0.2, 0.25) is 0 Å². The average Bonchev–Trinajstić information content (AvgIpc) is 3.51. The van der Waals surface area contributed by atoms with Crippen LogP contribution in [-0.4, -0.2) is 30.7 Å². The van der Waals surface area contributed by atoms with Crippen LogP contribution in [-0.2, 0) is 0 Å². The molecule has 4 N–H and O–H groups in total. The summed E-state index contributed by atoms with van der Waals surface area (Å²) >= 11 is 0. The molecule has 8 nitrogen and oxygen atoms in total. The number of hydrogen-bond acceptors (Lipinski definition) is 7. The Balaban J connectivity index is 1.34. The first-order chi connectivity index (χ1) is 16.5. The second-order valence-electron chi connectivity index (χ2n) is 9.18. The highest BCUT2D eigenvalue weighted by molar-refractivity contribution is 6.00. The number of aromatic nitrogens is 4. The van der Waals surface area contributed by atoms with Crippen molar-refractivity contribution in [3.05, 3.63) is 60.0 Å². The van der Waals surface area contributed by atoms with Gasteiger partial charge in [0, 0.05) is 23.5 Å². The Kier molecular flexibility index (Phi) is 4.77. The van der Waals surface area contributed by atoms with Crippen LogP contribution < -0.4 is 11.1 Å². The number of anilines is 3. The van der Waals surface area contributed by atoms with Crippen LogP contribution in [0, 0.1) is 13.8 Å². The quantitative estimate of drug-likeness (QED) is 0.339. The third-order valence-electron chi connectivity index (χ3n) is 6.68. The molecule has 0 amide bonds. The molecule has 3 heterocycles. The summed E-state index contributed by atoms with van der Waals surface area (Å²) in [6.07, 6.45) is 5.76. The van der Waals surface area contributed by atoms with Crippen molar-refractivity contribution in [3.8, 4) is 11.1 Å². The van der Waals surface area contributed by atoms with Crippen molar-refractivity contribution in [2.45, 2.75) is 45.3 Å². The monoisotopic (exact) mass is 454 g/mol.